The van der Waals surface area contributed by atoms with Gasteiger partial charge in [-0.25, -0.2) is 4.79 Å². The van der Waals surface area contributed by atoms with Crippen LogP contribution in [0, 0.1) is 0 Å². The van der Waals surface area contributed by atoms with E-state index < -0.39 is 23.5 Å². The van der Waals surface area contributed by atoms with Gasteiger partial charge < -0.3 is 9.84 Å². The molecule has 4 heteroatoms. The number of carbonyl (C=O) groups excluding carboxylic acids is 2. The van der Waals surface area contributed by atoms with Crippen molar-refractivity contribution in [3.63, 3.8) is 0 Å². The lowest BCUT2D eigenvalue weighted by atomic mass is 10.1. The molecule has 0 amide bonds. The second-order valence-electron chi connectivity index (χ2n) is 4.23. The SMILES string of the molecule is C=CCCC(=O)C(O)C(=O)OC(C)(C)C. The molecule has 0 aromatic carbocycles. The summed E-state index contributed by atoms with van der Waals surface area (Å²) >= 11 is 0. The fourth-order valence-electron chi connectivity index (χ4n) is 0.870. The van der Waals surface area contributed by atoms with Crippen LogP contribution in [0.4, 0.5) is 0 Å². The van der Waals surface area contributed by atoms with Crippen LogP contribution in [0.1, 0.15) is 33.6 Å². The van der Waals surface area contributed by atoms with Crippen LogP contribution in [0.3, 0.4) is 0 Å². The van der Waals surface area contributed by atoms with Gasteiger partial charge in [-0.3, -0.25) is 4.79 Å². The molecule has 0 rings (SSSR count). The maximum atomic E-state index is 11.2. The van der Waals surface area contributed by atoms with E-state index in [0.29, 0.717) is 6.42 Å². The number of esters is 1. The summed E-state index contributed by atoms with van der Waals surface area (Å²) in [4.78, 5) is 22.5. The Hall–Kier alpha value is -1.16. The van der Waals surface area contributed by atoms with Crippen molar-refractivity contribution in [1.82, 2.24) is 0 Å². The van der Waals surface area contributed by atoms with Crippen molar-refractivity contribution >= 4 is 11.8 Å². The van der Waals surface area contributed by atoms with Crippen LogP contribution in [0.2, 0.25) is 0 Å². The highest BCUT2D eigenvalue weighted by molar-refractivity contribution is 6.01. The lowest BCUT2D eigenvalue weighted by molar-refractivity contribution is -0.167. The van der Waals surface area contributed by atoms with Crippen molar-refractivity contribution < 1.29 is 19.4 Å². The number of carbonyl (C=O) groups is 2. The highest BCUT2D eigenvalue weighted by Gasteiger charge is 2.28. The minimum Gasteiger partial charge on any atom is -0.458 e. The molecule has 86 valence electrons. The average molecular weight is 214 g/mol. The number of ketones is 1. The summed E-state index contributed by atoms with van der Waals surface area (Å²) in [5.74, 6) is -1.43. The molecule has 0 aliphatic rings. The number of ether oxygens (including phenoxy) is 1. The van der Waals surface area contributed by atoms with Crippen LogP contribution >= 0.6 is 0 Å². The number of allylic oxidation sites excluding steroid dienone is 1. The Bertz CT molecular complexity index is 250. The van der Waals surface area contributed by atoms with E-state index in [2.05, 4.69) is 6.58 Å². The standard InChI is InChI=1S/C11H18O4/c1-5-6-7-8(12)9(13)10(14)15-11(2,3)4/h5,9,13H,1,6-7H2,2-4H3. The van der Waals surface area contributed by atoms with Crippen LogP contribution < -0.4 is 0 Å². The summed E-state index contributed by atoms with van der Waals surface area (Å²) in [6.07, 6.45) is 0.423. The normalized spacial score (nSPS) is 13.1. The summed E-state index contributed by atoms with van der Waals surface area (Å²) in [6, 6.07) is 0. The molecule has 0 saturated heterocycles. The molecule has 1 unspecified atom stereocenters. The minimum atomic E-state index is -1.68. The molecule has 4 nitrogen and oxygen atoms in total. The largest absolute Gasteiger partial charge is 0.458 e. The molecule has 0 aromatic heterocycles. The van der Waals surface area contributed by atoms with Crippen LogP contribution in [-0.4, -0.2) is 28.6 Å². The first kappa shape index (κ1) is 13.8. The zero-order chi connectivity index (χ0) is 12.1. The van der Waals surface area contributed by atoms with Gasteiger partial charge in [-0.05, 0) is 27.2 Å². The van der Waals surface area contributed by atoms with Crippen molar-refractivity contribution in [2.24, 2.45) is 0 Å². The summed E-state index contributed by atoms with van der Waals surface area (Å²) in [6.45, 7) is 8.46. The van der Waals surface area contributed by atoms with Gasteiger partial charge in [0.25, 0.3) is 0 Å². The van der Waals surface area contributed by atoms with Crippen LogP contribution in [-0.2, 0) is 14.3 Å². The first-order valence-corrected chi connectivity index (χ1v) is 4.82. The molecular formula is C11H18O4. The topological polar surface area (TPSA) is 63.6 Å². The quantitative estimate of drug-likeness (QED) is 0.424. The molecule has 0 bridgehead atoms. The van der Waals surface area contributed by atoms with Gasteiger partial charge in [0, 0.05) is 6.42 Å². The van der Waals surface area contributed by atoms with E-state index in [-0.39, 0.29) is 6.42 Å². The van der Waals surface area contributed by atoms with E-state index in [4.69, 9.17) is 4.74 Å². The molecule has 0 spiro atoms. The van der Waals surface area contributed by atoms with Crippen molar-refractivity contribution in [1.29, 1.82) is 0 Å². The van der Waals surface area contributed by atoms with E-state index in [0.717, 1.165) is 0 Å². The van der Waals surface area contributed by atoms with E-state index >= 15 is 0 Å². The van der Waals surface area contributed by atoms with E-state index in [1.54, 1.807) is 26.8 Å². The number of aliphatic hydroxyl groups excluding tert-OH is 1. The van der Waals surface area contributed by atoms with Gasteiger partial charge in [0.15, 0.2) is 5.78 Å². The predicted molar refractivity (Wildman–Crippen MR) is 56.3 cm³/mol. The van der Waals surface area contributed by atoms with Gasteiger partial charge in [-0.1, -0.05) is 6.08 Å². The zero-order valence-electron chi connectivity index (χ0n) is 9.45. The van der Waals surface area contributed by atoms with Gasteiger partial charge in [-0.2, -0.15) is 0 Å². The third-order valence-electron chi connectivity index (χ3n) is 1.53. The van der Waals surface area contributed by atoms with Crippen molar-refractivity contribution in [2.45, 2.75) is 45.3 Å². The molecule has 0 heterocycles. The minimum absolute atomic E-state index is 0.101. The maximum absolute atomic E-state index is 11.2. The Balaban J connectivity index is 4.19. The number of rotatable bonds is 5. The average Bonchev–Trinajstić information content (AvgIpc) is 2.10. The summed E-state index contributed by atoms with van der Waals surface area (Å²) in [7, 11) is 0. The molecule has 1 atom stereocenters. The van der Waals surface area contributed by atoms with E-state index in [1.807, 2.05) is 0 Å². The molecule has 1 N–H and O–H groups in total. The molecule has 0 radical (unpaired) electrons. The molecule has 0 aliphatic carbocycles. The molecule has 0 saturated carbocycles. The predicted octanol–water partition coefficient (Wildman–Crippen LogP) is 1.22. The Morgan fingerprint density at radius 3 is 2.40 bits per heavy atom. The Morgan fingerprint density at radius 2 is 2.00 bits per heavy atom. The van der Waals surface area contributed by atoms with Gasteiger partial charge in [-0.15, -0.1) is 6.58 Å². The van der Waals surface area contributed by atoms with Crippen molar-refractivity contribution in [3.8, 4) is 0 Å². The monoisotopic (exact) mass is 214 g/mol. The third kappa shape index (κ3) is 6.01. The second kappa shape index (κ2) is 5.66. The molecule has 0 fully saturated rings. The van der Waals surface area contributed by atoms with E-state index in [9.17, 15) is 14.7 Å². The smallest absolute Gasteiger partial charge is 0.343 e. The van der Waals surface area contributed by atoms with Gasteiger partial charge in [0.1, 0.15) is 5.60 Å². The second-order valence-corrected chi connectivity index (χ2v) is 4.23. The number of Topliss-reactive ketones (excluding diaryl/α,β-unsaturated/α-hetero) is 1. The van der Waals surface area contributed by atoms with Crippen molar-refractivity contribution in [2.75, 3.05) is 0 Å². The van der Waals surface area contributed by atoms with Gasteiger partial charge in [0.05, 0.1) is 0 Å². The number of hydrogen-bond donors (Lipinski definition) is 1. The zero-order valence-corrected chi connectivity index (χ0v) is 9.45. The van der Waals surface area contributed by atoms with Crippen LogP contribution in [0.25, 0.3) is 0 Å². The Kier molecular flexibility index (Phi) is 5.22. The molecule has 0 aromatic rings. The summed E-state index contributed by atoms with van der Waals surface area (Å²) in [5, 5.41) is 9.32. The first-order valence-electron chi connectivity index (χ1n) is 4.82. The van der Waals surface area contributed by atoms with E-state index in [1.165, 1.54) is 0 Å². The van der Waals surface area contributed by atoms with Gasteiger partial charge in [0.2, 0.25) is 6.10 Å². The first-order chi connectivity index (χ1) is 6.78. The summed E-state index contributed by atoms with van der Waals surface area (Å²) in [5.41, 5.74) is -0.698. The Morgan fingerprint density at radius 1 is 1.47 bits per heavy atom. The third-order valence-corrected chi connectivity index (χ3v) is 1.53. The fraction of sp³-hybridized carbons (Fsp3) is 0.636. The number of aliphatic hydroxyl groups is 1. The van der Waals surface area contributed by atoms with Crippen molar-refractivity contribution in [3.05, 3.63) is 12.7 Å². The molecular weight excluding hydrogens is 196 g/mol. The molecule has 15 heavy (non-hydrogen) atoms. The van der Waals surface area contributed by atoms with Crippen LogP contribution in [0.5, 0.6) is 0 Å². The lowest BCUT2D eigenvalue weighted by Gasteiger charge is -2.21. The van der Waals surface area contributed by atoms with Gasteiger partial charge >= 0.3 is 5.97 Å². The molecule has 0 aliphatic heterocycles. The highest BCUT2D eigenvalue weighted by Crippen LogP contribution is 2.09. The fourth-order valence-corrected chi connectivity index (χ4v) is 0.870. The summed E-state index contributed by atoms with van der Waals surface area (Å²) < 4.78 is 4.86. The van der Waals surface area contributed by atoms with Crippen LogP contribution in [0.15, 0.2) is 12.7 Å². The number of hydrogen-bond acceptors (Lipinski definition) is 4. The lowest BCUT2D eigenvalue weighted by Crippen LogP contribution is -2.36. The Labute approximate surface area is 89.9 Å². The maximum Gasteiger partial charge on any atom is 0.343 e. The highest BCUT2D eigenvalue weighted by atomic mass is 16.6.